The summed E-state index contributed by atoms with van der Waals surface area (Å²) in [7, 11) is 0. The zero-order valence-electron chi connectivity index (χ0n) is 13.2. The number of aromatic nitrogens is 2. The van der Waals surface area contributed by atoms with Gasteiger partial charge in [-0.25, -0.2) is 9.97 Å². The number of piperidine rings is 1. The predicted octanol–water partition coefficient (Wildman–Crippen LogP) is 2.37. The molecule has 23 heavy (non-hydrogen) atoms. The average Bonchev–Trinajstić information content (AvgIpc) is 2.62. The van der Waals surface area contributed by atoms with Crippen molar-refractivity contribution in [1.29, 1.82) is 0 Å². The molecule has 0 unspecified atom stereocenters. The summed E-state index contributed by atoms with van der Waals surface area (Å²) in [5.74, 6) is 0.495. The molecule has 1 amide bonds. The zero-order valence-corrected chi connectivity index (χ0v) is 13.2. The zero-order chi connectivity index (χ0) is 15.9. The quantitative estimate of drug-likeness (QED) is 0.921. The second kappa shape index (κ2) is 7.83. The highest BCUT2D eigenvalue weighted by Gasteiger charge is 2.25. The van der Waals surface area contributed by atoms with Crippen molar-refractivity contribution in [3.05, 3.63) is 54.4 Å². The molecule has 120 valence electrons. The Morgan fingerprint density at radius 1 is 1.09 bits per heavy atom. The minimum atomic E-state index is 0.0407. The van der Waals surface area contributed by atoms with Crippen molar-refractivity contribution >= 4 is 11.9 Å². The Morgan fingerprint density at radius 2 is 1.78 bits per heavy atom. The number of hydrogen-bond acceptors (Lipinski definition) is 4. The van der Waals surface area contributed by atoms with Gasteiger partial charge in [0.15, 0.2) is 0 Å². The third-order valence-corrected chi connectivity index (χ3v) is 4.32. The lowest BCUT2D eigenvalue weighted by atomic mass is 9.95. The number of anilines is 1. The Morgan fingerprint density at radius 3 is 2.48 bits per heavy atom. The second-order valence-electron chi connectivity index (χ2n) is 5.91. The first-order valence-electron chi connectivity index (χ1n) is 8.15. The molecule has 1 aliphatic heterocycles. The molecule has 2 heterocycles. The van der Waals surface area contributed by atoms with E-state index in [1.54, 1.807) is 18.5 Å². The molecule has 5 heteroatoms. The minimum absolute atomic E-state index is 0.0407. The van der Waals surface area contributed by atoms with Crippen molar-refractivity contribution in [2.24, 2.45) is 5.92 Å². The van der Waals surface area contributed by atoms with Crippen molar-refractivity contribution < 1.29 is 4.79 Å². The standard InChI is InChI=1S/C18H22N4O/c23-17(21-18-19-10-4-11-20-18)16-8-13-22(14-9-16)12-7-15-5-2-1-3-6-15/h1-6,10-11,16H,7-9,12-14H2,(H,19,20,21,23). The van der Waals surface area contributed by atoms with E-state index in [9.17, 15) is 4.79 Å². The molecule has 0 atom stereocenters. The molecule has 1 saturated heterocycles. The maximum Gasteiger partial charge on any atom is 0.229 e. The lowest BCUT2D eigenvalue weighted by Gasteiger charge is -2.31. The van der Waals surface area contributed by atoms with E-state index in [2.05, 4.69) is 44.5 Å². The maximum absolute atomic E-state index is 12.2. The molecule has 1 N–H and O–H groups in total. The Balaban J connectivity index is 1.42. The number of carbonyl (C=O) groups excluding carboxylic acids is 1. The Bertz CT molecular complexity index is 609. The highest BCUT2D eigenvalue weighted by Crippen LogP contribution is 2.19. The van der Waals surface area contributed by atoms with Crippen LogP contribution in [0.5, 0.6) is 0 Å². The molecule has 0 spiro atoms. The molecular weight excluding hydrogens is 288 g/mol. The van der Waals surface area contributed by atoms with E-state index < -0.39 is 0 Å². The number of nitrogens with zero attached hydrogens (tertiary/aromatic N) is 3. The van der Waals surface area contributed by atoms with Crippen molar-refractivity contribution in [2.45, 2.75) is 19.3 Å². The van der Waals surface area contributed by atoms with Crippen LogP contribution in [0, 0.1) is 5.92 Å². The van der Waals surface area contributed by atoms with Crippen LogP contribution in [-0.4, -0.2) is 40.4 Å². The Kier molecular flexibility index (Phi) is 5.32. The van der Waals surface area contributed by atoms with Gasteiger partial charge in [0.25, 0.3) is 0 Å². The Hall–Kier alpha value is -2.27. The van der Waals surface area contributed by atoms with Crippen molar-refractivity contribution in [3.8, 4) is 0 Å². The first-order chi connectivity index (χ1) is 11.3. The molecule has 1 aliphatic rings. The van der Waals surface area contributed by atoms with E-state index in [1.165, 1.54) is 5.56 Å². The summed E-state index contributed by atoms with van der Waals surface area (Å²) in [6, 6.07) is 12.3. The number of nitrogens with one attached hydrogen (secondary N) is 1. The van der Waals surface area contributed by atoms with Gasteiger partial charge >= 0.3 is 0 Å². The van der Waals surface area contributed by atoms with Gasteiger partial charge in [-0.1, -0.05) is 30.3 Å². The molecule has 5 nitrogen and oxygen atoms in total. The van der Waals surface area contributed by atoms with Gasteiger partial charge in [-0.15, -0.1) is 0 Å². The normalized spacial score (nSPS) is 16.2. The van der Waals surface area contributed by atoms with E-state index in [0.29, 0.717) is 5.95 Å². The fraction of sp³-hybridized carbons (Fsp3) is 0.389. The molecule has 0 radical (unpaired) electrons. The summed E-state index contributed by atoms with van der Waals surface area (Å²) in [6.45, 7) is 3.00. The highest BCUT2D eigenvalue weighted by atomic mass is 16.2. The topological polar surface area (TPSA) is 58.1 Å². The van der Waals surface area contributed by atoms with Crippen molar-refractivity contribution in [1.82, 2.24) is 14.9 Å². The summed E-state index contributed by atoms with van der Waals surface area (Å²) in [5.41, 5.74) is 1.37. The van der Waals surface area contributed by atoms with Gasteiger partial charge in [0.2, 0.25) is 11.9 Å². The van der Waals surface area contributed by atoms with Gasteiger partial charge in [0, 0.05) is 24.9 Å². The lowest BCUT2D eigenvalue weighted by Crippen LogP contribution is -2.39. The van der Waals surface area contributed by atoms with Gasteiger partial charge < -0.3 is 4.90 Å². The van der Waals surface area contributed by atoms with Crippen LogP contribution in [0.15, 0.2) is 48.8 Å². The van der Waals surface area contributed by atoms with Gasteiger partial charge in [0.05, 0.1) is 0 Å². The maximum atomic E-state index is 12.2. The fourth-order valence-electron chi connectivity index (χ4n) is 2.93. The average molecular weight is 310 g/mol. The summed E-state index contributed by atoms with van der Waals surface area (Å²) in [6.07, 6.45) is 6.13. The van der Waals surface area contributed by atoms with E-state index in [4.69, 9.17) is 0 Å². The number of benzene rings is 1. The van der Waals surface area contributed by atoms with Gasteiger partial charge in [-0.05, 0) is 44.0 Å². The number of likely N-dealkylation sites (tertiary alicyclic amines) is 1. The molecule has 1 aromatic heterocycles. The summed E-state index contributed by atoms with van der Waals surface area (Å²) in [4.78, 5) is 22.8. The third-order valence-electron chi connectivity index (χ3n) is 4.32. The number of carbonyl (C=O) groups is 1. The van der Waals surface area contributed by atoms with Crippen LogP contribution >= 0.6 is 0 Å². The molecule has 0 aliphatic carbocycles. The molecule has 1 fully saturated rings. The van der Waals surface area contributed by atoms with Crippen LogP contribution in [0.4, 0.5) is 5.95 Å². The van der Waals surface area contributed by atoms with Crippen LogP contribution in [0.2, 0.25) is 0 Å². The monoisotopic (exact) mass is 310 g/mol. The smallest absolute Gasteiger partial charge is 0.229 e. The second-order valence-corrected chi connectivity index (χ2v) is 5.91. The van der Waals surface area contributed by atoms with E-state index >= 15 is 0 Å². The summed E-state index contributed by atoms with van der Waals surface area (Å²) < 4.78 is 0. The first-order valence-corrected chi connectivity index (χ1v) is 8.15. The molecule has 1 aromatic carbocycles. The van der Waals surface area contributed by atoms with E-state index in [0.717, 1.165) is 38.9 Å². The van der Waals surface area contributed by atoms with E-state index in [-0.39, 0.29) is 11.8 Å². The minimum Gasteiger partial charge on any atom is -0.303 e. The van der Waals surface area contributed by atoms with Gasteiger partial charge in [0.1, 0.15) is 0 Å². The van der Waals surface area contributed by atoms with Gasteiger partial charge in [-0.2, -0.15) is 0 Å². The number of hydrogen-bond donors (Lipinski definition) is 1. The third kappa shape index (κ3) is 4.60. The van der Waals surface area contributed by atoms with Crippen LogP contribution in [0.25, 0.3) is 0 Å². The van der Waals surface area contributed by atoms with Crippen molar-refractivity contribution in [3.63, 3.8) is 0 Å². The predicted molar refractivity (Wildman–Crippen MR) is 90.0 cm³/mol. The summed E-state index contributed by atoms with van der Waals surface area (Å²) in [5, 5.41) is 2.80. The molecule has 0 saturated carbocycles. The first kappa shape index (κ1) is 15.6. The van der Waals surface area contributed by atoms with Gasteiger partial charge in [-0.3, -0.25) is 10.1 Å². The fourth-order valence-corrected chi connectivity index (χ4v) is 2.93. The lowest BCUT2D eigenvalue weighted by molar-refractivity contribution is -0.121. The molecule has 0 bridgehead atoms. The number of amides is 1. The molecular formula is C18H22N4O. The Labute approximate surface area is 136 Å². The SMILES string of the molecule is O=C(Nc1ncccn1)C1CCN(CCc2ccccc2)CC1. The largest absolute Gasteiger partial charge is 0.303 e. The van der Waals surface area contributed by atoms with Crippen LogP contribution in [0.1, 0.15) is 18.4 Å². The molecule has 2 aromatic rings. The van der Waals surface area contributed by atoms with Crippen molar-refractivity contribution in [2.75, 3.05) is 25.0 Å². The van der Waals surface area contributed by atoms with Crippen LogP contribution in [-0.2, 0) is 11.2 Å². The van der Waals surface area contributed by atoms with Crippen LogP contribution in [0.3, 0.4) is 0 Å². The van der Waals surface area contributed by atoms with E-state index in [1.807, 2.05) is 6.07 Å². The number of rotatable bonds is 5. The summed E-state index contributed by atoms with van der Waals surface area (Å²) >= 11 is 0. The van der Waals surface area contributed by atoms with Crippen LogP contribution < -0.4 is 5.32 Å². The molecule has 3 rings (SSSR count). The highest BCUT2D eigenvalue weighted by molar-refractivity contribution is 5.90.